The largest absolute Gasteiger partial charge is 0.477 e. The molecule has 22 heavy (non-hydrogen) atoms. The second-order valence-electron chi connectivity index (χ2n) is 4.98. The monoisotopic (exact) mass is 309 g/mol. The van der Waals surface area contributed by atoms with Crippen molar-refractivity contribution in [1.82, 2.24) is 14.9 Å². The first-order chi connectivity index (χ1) is 10.5. The van der Waals surface area contributed by atoms with Crippen LogP contribution in [0.1, 0.15) is 10.5 Å². The summed E-state index contributed by atoms with van der Waals surface area (Å²) in [6.07, 6.45) is 0. The molecule has 1 aromatic rings. The molecule has 0 saturated carbocycles. The quantitative estimate of drug-likeness (QED) is 0.750. The number of nitrogens with zero attached hydrogens (tertiary/aromatic N) is 4. The number of aromatic nitrogens is 2. The molecule has 1 fully saturated rings. The minimum absolute atomic E-state index is 0.0334. The molecule has 2 rings (SSSR count). The standard InChI is InChI=1S/C13H19N5O4/c1-17(2)11(19)8-14-10-7-9(12(20)21)15-13(16-10)18-3-5-22-6-4-18/h7H,3-6,8H2,1-2H3,(H,20,21)(H,14,15,16). The molecular formula is C13H19N5O4. The fraction of sp³-hybridized carbons (Fsp3) is 0.538. The molecule has 1 aromatic heterocycles. The maximum absolute atomic E-state index is 11.6. The lowest BCUT2D eigenvalue weighted by atomic mass is 10.3. The van der Waals surface area contributed by atoms with E-state index >= 15 is 0 Å². The molecule has 0 atom stereocenters. The zero-order valence-corrected chi connectivity index (χ0v) is 12.6. The van der Waals surface area contributed by atoms with E-state index in [0.717, 1.165) is 0 Å². The first-order valence-corrected chi connectivity index (χ1v) is 6.86. The highest BCUT2D eigenvalue weighted by molar-refractivity contribution is 5.87. The zero-order chi connectivity index (χ0) is 16.1. The lowest BCUT2D eigenvalue weighted by molar-refractivity contribution is -0.126. The van der Waals surface area contributed by atoms with Crippen LogP contribution in [0.4, 0.5) is 11.8 Å². The fourth-order valence-electron chi connectivity index (χ4n) is 1.86. The Bertz CT molecular complexity index is 557. The zero-order valence-electron chi connectivity index (χ0n) is 12.6. The third-order valence-electron chi connectivity index (χ3n) is 3.15. The number of aromatic carboxylic acids is 1. The summed E-state index contributed by atoms with van der Waals surface area (Å²) in [6.45, 7) is 2.31. The molecule has 9 heteroatoms. The van der Waals surface area contributed by atoms with Gasteiger partial charge in [0, 0.05) is 33.3 Å². The topological polar surface area (TPSA) is 108 Å². The molecule has 120 valence electrons. The number of amides is 1. The highest BCUT2D eigenvalue weighted by Crippen LogP contribution is 2.15. The fourth-order valence-corrected chi connectivity index (χ4v) is 1.86. The Labute approximate surface area is 127 Å². The number of anilines is 2. The van der Waals surface area contributed by atoms with Crippen LogP contribution in [-0.4, -0.2) is 78.8 Å². The van der Waals surface area contributed by atoms with E-state index in [0.29, 0.717) is 38.1 Å². The molecule has 2 heterocycles. The summed E-state index contributed by atoms with van der Waals surface area (Å²) in [5.74, 6) is -0.644. The van der Waals surface area contributed by atoms with Gasteiger partial charge in [0.05, 0.1) is 19.8 Å². The van der Waals surface area contributed by atoms with Crippen molar-refractivity contribution in [3.8, 4) is 0 Å². The van der Waals surface area contributed by atoms with Crippen molar-refractivity contribution in [1.29, 1.82) is 0 Å². The number of likely N-dealkylation sites (N-methyl/N-ethyl adjacent to an activating group) is 1. The normalized spacial score (nSPS) is 14.5. The Morgan fingerprint density at radius 3 is 2.64 bits per heavy atom. The average Bonchev–Trinajstić information content (AvgIpc) is 2.53. The number of hydrogen-bond donors (Lipinski definition) is 2. The number of nitrogens with one attached hydrogen (secondary N) is 1. The summed E-state index contributed by atoms with van der Waals surface area (Å²) in [4.78, 5) is 34.4. The smallest absolute Gasteiger partial charge is 0.354 e. The number of carbonyl (C=O) groups is 2. The molecule has 0 aliphatic carbocycles. The van der Waals surface area contributed by atoms with Gasteiger partial charge in [-0.05, 0) is 0 Å². The minimum atomic E-state index is -1.14. The van der Waals surface area contributed by atoms with E-state index in [-0.39, 0.29) is 18.1 Å². The van der Waals surface area contributed by atoms with Crippen LogP contribution < -0.4 is 10.2 Å². The second kappa shape index (κ2) is 7.03. The van der Waals surface area contributed by atoms with Crippen LogP contribution >= 0.6 is 0 Å². The molecule has 0 aromatic carbocycles. The number of hydrogen-bond acceptors (Lipinski definition) is 7. The van der Waals surface area contributed by atoms with Crippen molar-refractivity contribution >= 4 is 23.6 Å². The summed E-state index contributed by atoms with van der Waals surface area (Å²) in [5.41, 5.74) is -0.115. The van der Waals surface area contributed by atoms with Gasteiger partial charge >= 0.3 is 5.97 Å². The first-order valence-electron chi connectivity index (χ1n) is 6.86. The molecule has 2 N–H and O–H groups in total. The van der Waals surface area contributed by atoms with E-state index in [2.05, 4.69) is 15.3 Å². The molecule has 9 nitrogen and oxygen atoms in total. The Morgan fingerprint density at radius 1 is 1.36 bits per heavy atom. The van der Waals surface area contributed by atoms with Gasteiger partial charge in [-0.3, -0.25) is 4.79 Å². The number of carboxylic acids is 1. The van der Waals surface area contributed by atoms with E-state index in [1.807, 2.05) is 4.90 Å². The van der Waals surface area contributed by atoms with Gasteiger partial charge in [0.25, 0.3) is 0 Å². The molecule has 1 amide bonds. The van der Waals surface area contributed by atoms with Gasteiger partial charge in [-0.15, -0.1) is 0 Å². The predicted octanol–water partition coefficient (Wildman–Crippen LogP) is -0.488. The number of rotatable bonds is 5. The van der Waals surface area contributed by atoms with Gasteiger partial charge < -0.3 is 25.0 Å². The Kier molecular flexibility index (Phi) is 5.10. The van der Waals surface area contributed by atoms with Crippen LogP contribution in [0.5, 0.6) is 0 Å². The van der Waals surface area contributed by atoms with Crippen LogP contribution in [0.15, 0.2) is 6.07 Å². The van der Waals surface area contributed by atoms with E-state index in [1.54, 1.807) is 14.1 Å². The summed E-state index contributed by atoms with van der Waals surface area (Å²) in [6, 6.07) is 1.31. The van der Waals surface area contributed by atoms with Crippen LogP contribution in [0.25, 0.3) is 0 Å². The lowest BCUT2D eigenvalue weighted by Crippen LogP contribution is -2.37. The Balaban J connectivity index is 2.19. The summed E-state index contributed by atoms with van der Waals surface area (Å²) < 4.78 is 5.26. The van der Waals surface area contributed by atoms with E-state index in [1.165, 1.54) is 11.0 Å². The maximum Gasteiger partial charge on any atom is 0.354 e. The number of carboxylic acid groups (broad SMARTS) is 1. The average molecular weight is 309 g/mol. The van der Waals surface area contributed by atoms with Gasteiger partial charge in [0.1, 0.15) is 5.82 Å². The second-order valence-corrected chi connectivity index (χ2v) is 4.98. The van der Waals surface area contributed by atoms with Crippen LogP contribution in [-0.2, 0) is 9.53 Å². The van der Waals surface area contributed by atoms with Gasteiger partial charge in [-0.2, -0.15) is 4.98 Å². The van der Waals surface area contributed by atoms with Crippen molar-refractivity contribution in [2.45, 2.75) is 0 Å². The van der Waals surface area contributed by atoms with Crippen molar-refractivity contribution in [2.75, 3.05) is 57.2 Å². The van der Waals surface area contributed by atoms with E-state index in [4.69, 9.17) is 9.84 Å². The molecule has 0 radical (unpaired) electrons. The van der Waals surface area contributed by atoms with Gasteiger partial charge in [0.15, 0.2) is 5.69 Å². The minimum Gasteiger partial charge on any atom is -0.477 e. The molecule has 1 saturated heterocycles. The third-order valence-corrected chi connectivity index (χ3v) is 3.15. The summed E-state index contributed by atoms with van der Waals surface area (Å²) in [5, 5.41) is 12.0. The highest BCUT2D eigenvalue weighted by Gasteiger charge is 2.18. The van der Waals surface area contributed by atoms with Crippen molar-refractivity contribution in [2.24, 2.45) is 0 Å². The number of morpholine rings is 1. The Morgan fingerprint density at radius 2 is 2.05 bits per heavy atom. The summed E-state index contributed by atoms with van der Waals surface area (Å²) >= 11 is 0. The van der Waals surface area contributed by atoms with Crippen LogP contribution in [0.2, 0.25) is 0 Å². The predicted molar refractivity (Wildman–Crippen MR) is 79.2 cm³/mol. The van der Waals surface area contributed by atoms with Gasteiger partial charge in [-0.1, -0.05) is 0 Å². The molecule has 0 unspecified atom stereocenters. The van der Waals surface area contributed by atoms with Crippen molar-refractivity contribution < 1.29 is 19.4 Å². The highest BCUT2D eigenvalue weighted by atomic mass is 16.5. The molecular weight excluding hydrogens is 290 g/mol. The van der Waals surface area contributed by atoms with Gasteiger partial charge in [-0.25, -0.2) is 9.78 Å². The van der Waals surface area contributed by atoms with E-state index in [9.17, 15) is 9.59 Å². The molecule has 0 bridgehead atoms. The summed E-state index contributed by atoms with van der Waals surface area (Å²) in [7, 11) is 3.29. The first kappa shape index (κ1) is 16.0. The maximum atomic E-state index is 11.6. The Hall–Kier alpha value is -2.42. The molecule has 0 spiro atoms. The molecule has 1 aliphatic rings. The van der Waals surface area contributed by atoms with Crippen molar-refractivity contribution in [3.63, 3.8) is 0 Å². The SMILES string of the molecule is CN(C)C(=O)CNc1cc(C(=O)O)nc(N2CCOCC2)n1. The number of carbonyl (C=O) groups excluding carboxylic acids is 1. The van der Waals surface area contributed by atoms with Crippen LogP contribution in [0.3, 0.4) is 0 Å². The lowest BCUT2D eigenvalue weighted by Gasteiger charge is -2.27. The third kappa shape index (κ3) is 4.04. The van der Waals surface area contributed by atoms with Gasteiger partial charge in [0.2, 0.25) is 11.9 Å². The van der Waals surface area contributed by atoms with Crippen molar-refractivity contribution in [3.05, 3.63) is 11.8 Å². The van der Waals surface area contributed by atoms with E-state index < -0.39 is 5.97 Å². The number of ether oxygens (including phenoxy) is 1. The molecule has 1 aliphatic heterocycles. The van der Waals surface area contributed by atoms with Crippen LogP contribution in [0, 0.1) is 0 Å².